The van der Waals surface area contributed by atoms with Crippen LogP contribution in [0, 0.1) is 0 Å². The van der Waals surface area contributed by atoms with E-state index in [-0.39, 0.29) is 23.0 Å². The van der Waals surface area contributed by atoms with E-state index in [1.165, 1.54) is 29.8 Å². The molecule has 5 rings (SSSR count). The molecule has 0 atom stereocenters. The quantitative estimate of drug-likeness (QED) is 0.329. The average Bonchev–Trinajstić information content (AvgIpc) is 3.07. The highest BCUT2D eigenvalue weighted by Crippen LogP contribution is 2.49. The Balaban J connectivity index is 1.84. The van der Waals surface area contributed by atoms with Gasteiger partial charge in [-0.1, -0.05) is 36.4 Å². The Morgan fingerprint density at radius 3 is 1.79 bits per heavy atom. The third-order valence-corrected chi connectivity index (χ3v) is 5.51. The summed E-state index contributed by atoms with van der Waals surface area (Å²) in [6, 6.07) is 21.2. The molecule has 29 heavy (non-hydrogen) atoms. The van der Waals surface area contributed by atoms with Gasteiger partial charge in [-0.3, -0.25) is 0 Å². The minimum atomic E-state index is -0.0417. The molecule has 142 valence electrons. The number of hydrogen-bond acceptors (Lipinski definition) is 4. The maximum absolute atomic E-state index is 10.6. The van der Waals surface area contributed by atoms with Crippen LogP contribution in [0.4, 0.5) is 0 Å². The Morgan fingerprint density at radius 1 is 0.517 bits per heavy atom. The topological polar surface area (TPSA) is 80.9 Å². The Labute approximate surface area is 167 Å². The van der Waals surface area contributed by atoms with Gasteiger partial charge in [0.25, 0.3) is 0 Å². The Kier molecular flexibility index (Phi) is 3.74. The molecule has 4 nitrogen and oxygen atoms in total. The van der Waals surface area contributed by atoms with Crippen LogP contribution in [0.2, 0.25) is 0 Å². The fourth-order valence-electron chi connectivity index (χ4n) is 4.22. The van der Waals surface area contributed by atoms with Gasteiger partial charge in [0, 0.05) is 23.3 Å². The van der Waals surface area contributed by atoms with E-state index >= 15 is 0 Å². The summed E-state index contributed by atoms with van der Waals surface area (Å²) in [6.07, 6.45) is 0.702. The minimum Gasteiger partial charge on any atom is -0.508 e. The number of fused-ring (bicyclic) bond motifs is 3. The van der Waals surface area contributed by atoms with Crippen molar-refractivity contribution in [2.45, 2.75) is 6.42 Å². The van der Waals surface area contributed by atoms with Gasteiger partial charge in [-0.15, -0.1) is 0 Å². The Morgan fingerprint density at radius 2 is 1.10 bits per heavy atom. The van der Waals surface area contributed by atoms with Gasteiger partial charge in [-0.25, -0.2) is 0 Å². The molecule has 0 unspecified atom stereocenters. The van der Waals surface area contributed by atoms with Crippen LogP contribution in [0.5, 0.6) is 23.0 Å². The number of phenolic OH excluding ortho intramolecular Hbond substituents is 4. The van der Waals surface area contributed by atoms with Crippen molar-refractivity contribution in [3.05, 3.63) is 83.9 Å². The third-order valence-electron chi connectivity index (χ3n) is 5.51. The lowest BCUT2D eigenvalue weighted by atomic mass is 9.87. The summed E-state index contributed by atoms with van der Waals surface area (Å²) in [6.45, 7) is 0. The lowest BCUT2D eigenvalue weighted by molar-refractivity contribution is 0.450. The summed E-state index contributed by atoms with van der Waals surface area (Å²) < 4.78 is 0. The van der Waals surface area contributed by atoms with Crippen LogP contribution in [0.25, 0.3) is 33.4 Å². The monoisotopic (exact) mass is 382 g/mol. The summed E-state index contributed by atoms with van der Waals surface area (Å²) in [5, 5.41) is 40.5. The van der Waals surface area contributed by atoms with Crippen molar-refractivity contribution in [2.75, 3.05) is 0 Å². The highest BCUT2D eigenvalue weighted by molar-refractivity contribution is 5.96. The average molecular weight is 382 g/mol. The van der Waals surface area contributed by atoms with E-state index in [1.807, 2.05) is 24.3 Å². The fourth-order valence-corrected chi connectivity index (χ4v) is 4.22. The molecular weight excluding hydrogens is 364 g/mol. The number of phenols is 4. The predicted octanol–water partition coefficient (Wildman–Crippen LogP) is 5.41. The van der Waals surface area contributed by atoms with E-state index in [2.05, 4.69) is 12.1 Å². The van der Waals surface area contributed by atoms with Gasteiger partial charge in [0.2, 0.25) is 0 Å². The van der Waals surface area contributed by atoms with Crippen molar-refractivity contribution in [1.82, 2.24) is 0 Å². The van der Waals surface area contributed by atoms with Crippen molar-refractivity contribution in [1.29, 1.82) is 0 Å². The van der Waals surface area contributed by atoms with Crippen molar-refractivity contribution in [3.63, 3.8) is 0 Å². The molecule has 4 N–H and O–H groups in total. The second kappa shape index (κ2) is 6.31. The summed E-state index contributed by atoms with van der Waals surface area (Å²) in [7, 11) is 0. The maximum Gasteiger partial charge on any atom is 0.127 e. The van der Waals surface area contributed by atoms with Crippen molar-refractivity contribution < 1.29 is 20.4 Å². The molecule has 0 spiro atoms. The minimum absolute atomic E-state index is 0.0175. The van der Waals surface area contributed by atoms with Gasteiger partial charge < -0.3 is 20.4 Å². The third kappa shape index (κ3) is 2.69. The van der Waals surface area contributed by atoms with E-state index in [0.717, 1.165) is 27.8 Å². The molecule has 4 aromatic carbocycles. The molecule has 0 bridgehead atoms. The normalized spacial score (nSPS) is 11.9. The lowest BCUT2D eigenvalue weighted by Crippen LogP contribution is -1.94. The number of benzene rings is 4. The Hall–Kier alpha value is -3.92. The first kappa shape index (κ1) is 17.2. The van der Waals surface area contributed by atoms with Crippen molar-refractivity contribution in [2.24, 2.45) is 0 Å². The van der Waals surface area contributed by atoms with Crippen LogP contribution in [-0.2, 0) is 6.42 Å². The number of aromatic hydroxyl groups is 4. The second-order valence-corrected chi connectivity index (χ2v) is 7.25. The van der Waals surface area contributed by atoms with E-state index in [0.29, 0.717) is 17.5 Å². The van der Waals surface area contributed by atoms with E-state index in [4.69, 9.17) is 0 Å². The van der Waals surface area contributed by atoms with Gasteiger partial charge >= 0.3 is 0 Å². The van der Waals surface area contributed by atoms with Crippen molar-refractivity contribution in [3.8, 4) is 56.4 Å². The molecule has 1 aliphatic carbocycles. The van der Waals surface area contributed by atoms with E-state index < -0.39 is 0 Å². The highest BCUT2D eigenvalue weighted by Gasteiger charge is 2.26. The molecule has 0 fully saturated rings. The molecule has 0 saturated carbocycles. The summed E-state index contributed by atoms with van der Waals surface area (Å²) in [5.41, 5.74) is 7.19. The van der Waals surface area contributed by atoms with E-state index in [1.54, 1.807) is 12.1 Å². The Bertz CT molecular complexity index is 1270. The standard InChI is InChI=1S/C25H18O4/c26-15-5-7-19(23(28)12-15)20-10-9-18-17-4-2-1-3-14(17)11-22(18)25(20)21-8-6-16(27)13-24(21)29/h1-10,12-13,26-29H,11H2. The van der Waals surface area contributed by atoms with Crippen LogP contribution < -0.4 is 0 Å². The summed E-state index contributed by atoms with van der Waals surface area (Å²) >= 11 is 0. The zero-order valence-corrected chi connectivity index (χ0v) is 15.4. The maximum atomic E-state index is 10.6. The molecule has 1 aliphatic rings. The largest absolute Gasteiger partial charge is 0.508 e. The van der Waals surface area contributed by atoms with Gasteiger partial charge in [0.15, 0.2) is 0 Å². The fraction of sp³-hybridized carbons (Fsp3) is 0.0400. The molecule has 4 aromatic rings. The molecule has 0 aliphatic heterocycles. The van der Waals surface area contributed by atoms with Gasteiger partial charge in [-0.2, -0.15) is 0 Å². The second-order valence-electron chi connectivity index (χ2n) is 7.25. The highest BCUT2D eigenvalue weighted by atomic mass is 16.3. The van der Waals surface area contributed by atoms with Gasteiger partial charge in [0.05, 0.1) is 0 Å². The number of rotatable bonds is 2. The molecule has 0 heterocycles. The van der Waals surface area contributed by atoms with Crippen LogP contribution in [0.3, 0.4) is 0 Å². The SMILES string of the molecule is Oc1ccc(-c2ccc3c(c2-c2ccc(O)cc2O)Cc2ccccc2-3)c(O)c1. The van der Waals surface area contributed by atoms with E-state index in [9.17, 15) is 20.4 Å². The molecule has 0 aromatic heterocycles. The molecular formula is C25H18O4. The van der Waals surface area contributed by atoms with Crippen LogP contribution in [-0.4, -0.2) is 20.4 Å². The lowest BCUT2D eigenvalue weighted by Gasteiger charge is -2.18. The first-order valence-corrected chi connectivity index (χ1v) is 9.32. The van der Waals surface area contributed by atoms with Crippen LogP contribution >= 0.6 is 0 Å². The molecule has 0 saturated heterocycles. The first-order valence-electron chi connectivity index (χ1n) is 9.32. The number of hydrogen-bond donors (Lipinski definition) is 4. The molecule has 0 amide bonds. The van der Waals surface area contributed by atoms with Crippen LogP contribution in [0.15, 0.2) is 72.8 Å². The molecule has 0 radical (unpaired) electrons. The smallest absolute Gasteiger partial charge is 0.127 e. The van der Waals surface area contributed by atoms with Crippen molar-refractivity contribution >= 4 is 0 Å². The van der Waals surface area contributed by atoms with Gasteiger partial charge in [-0.05, 0) is 64.1 Å². The van der Waals surface area contributed by atoms with Gasteiger partial charge in [0.1, 0.15) is 23.0 Å². The summed E-state index contributed by atoms with van der Waals surface area (Å²) in [4.78, 5) is 0. The predicted molar refractivity (Wildman–Crippen MR) is 112 cm³/mol. The zero-order chi connectivity index (χ0) is 20.1. The van der Waals surface area contributed by atoms with Crippen LogP contribution in [0.1, 0.15) is 11.1 Å². The zero-order valence-electron chi connectivity index (χ0n) is 15.4. The summed E-state index contributed by atoms with van der Waals surface area (Å²) in [5.74, 6) is -0.112. The first-order chi connectivity index (χ1) is 14.0. The molecule has 4 heteroatoms.